The number of aromatic nitrogens is 1. The van der Waals surface area contributed by atoms with Crippen molar-refractivity contribution < 1.29 is 5.11 Å². The molecule has 1 aliphatic rings. The Hall–Kier alpha value is -1.36. The molecule has 0 radical (unpaired) electrons. The zero-order valence-electron chi connectivity index (χ0n) is 12.7. The van der Waals surface area contributed by atoms with Gasteiger partial charge in [0.05, 0.1) is 6.61 Å². The molecule has 0 aliphatic carbocycles. The van der Waals surface area contributed by atoms with E-state index in [1.54, 1.807) is 6.07 Å². The van der Waals surface area contributed by atoms with Crippen LogP contribution >= 0.6 is 11.6 Å². The number of aliphatic hydroxyl groups is 1. The Labute approximate surface area is 134 Å². The number of likely N-dealkylation sites (tertiary alicyclic amines) is 1. The fraction of sp³-hybridized carbons (Fsp3) is 0.471. The van der Waals surface area contributed by atoms with Crippen LogP contribution in [0.15, 0.2) is 23.0 Å². The predicted octanol–water partition coefficient (Wildman–Crippen LogP) is 2.70. The minimum Gasteiger partial charge on any atom is -0.395 e. The molecule has 0 amide bonds. The van der Waals surface area contributed by atoms with Gasteiger partial charge in [-0.15, -0.1) is 0 Å². The van der Waals surface area contributed by atoms with Gasteiger partial charge in [-0.3, -0.25) is 9.69 Å². The van der Waals surface area contributed by atoms with E-state index < -0.39 is 0 Å². The summed E-state index contributed by atoms with van der Waals surface area (Å²) in [6.07, 6.45) is 2.92. The van der Waals surface area contributed by atoms with Crippen LogP contribution in [0.25, 0.3) is 10.8 Å². The van der Waals surface area contributed by atoms with Crippen LogP contribution in [0.3, 0.4) is 0 Å². The van der Waals surface area contributed by atoms with Crippen molar-refractivity contribution in [3.8, 4) is 0 Å². The van der Waals surface area contributed by atoms with Crippen molar-refractivity contribution in [1.82, 2.24) is 9.88 Å². The molecule has 0 saturated carbocycles. The van der Waals surface area contributed by atoms with E-state index in [1.807, 2.05) is 19.1 Å². The van der Waals surface area contributed by atoms with E-state index in [1.165, 1.54) is 0 Å². The van der Waals surface area contributed by atoms with Crippen molar-refractivity contribution in [2.45, 2.75) is 38.8 Å². The van der Waals surface area contributed by atoms with Crippen molar-refractivity contribution >= 4 is 22.4 Å². The minimum atomic E-state index is -0.0850. The van der Waals surface area contributed by atoms with Crippen molar-refractivity contribution in [2.24, 2.45) is 0 Å². The Morgan fingerprint density at radius 1 is 1.41 bits per heavy atom. The fourth-order valence-electron chi connectivity index (χ4n) is 3.41. The molecule has 1 aliphatic heterocycles. The number of hydrogen-bond donors (Lipinski definition) is 2. The maximum atomic E-state index is 12.3. The Morgan fingerprint density at radius 2 is 2.23 bits per heavy atom. The van der Waals surface area contributed by atoms with Crippen LogP contribution in [0.5, 0.6) is 0 Å². The van der Waals surface area contributed by atoms with Crippen molar-refractivity contribution in [2.75, 3.05) is 13.2 Å². The third-order valence-electron chi connectivity index (χ3n) is 4.60. The lowest BCUT2D eigenvalue weighted by Gasteiger charge is -2.24. The van der Waals surface area contributed by atoms with Crippen LogP contribution < -0.4 is 5.56 Å². The topological polar surface area (TPSA) is 56.3 Å². The molecule has 0 bridgehead atoms. The Balaban J connectivity index is 2.10. The molecule has 5 heteroatoms. The summed E-state index contributed by atoms with van der Waals surface area (Å²) in [7, 11) is 0. The number of benzene rings is 1. The maximum absolute atomic E-state index is 12.3. The lowest BCUT2D eigenvalue weighted by Crippen LogP contribution is -2.32. The average Bonchev–Trinajstić information content (AvgIpc) is 2.97. The maximum Gasteiger partial charge on any atom is 0.256 e. The highest BCUT2D eigenvalue weighted by Gasteiger charge is 2.25. The second-order valence-electron chi connectivity index (χ2n) is 5.90. The number of pyridine rings is 1. The Kier molecular flexibility index (Phi) is 4.52. The first kappa shape index (κ1) is 15.5. The number of aromatic amines is 1. The zero-order valence-corrected chi connectivity index (χ0v) is 13.5. The number of H-pyrrole nitrogens is 1. The average molecular weight is 321 g/mol. The third-order valence-corrected chi connectivity index (χ3v) is 4.84. The second kappa shape index (κ2) is 6.41. The third kappa shape index (κ3) is 2.78. The van der Waals surface area contributed by atoms with Gasteiger partial charge in [-0.25, -0.2) is 0 Å². The quantitative estimate of drug-likeness (QED) is 0.910. The SMILES string of the molecule is CCc1[nH]c(=O)c2cc(Cl)ccc2c1CN1CCCC1CO. The van der Waals surface area contributed by atoms with Crippen molar-refractivity contribution in [3.05, 3.63) is 44.8 Å². The molecule has 1 aromatic heterocycles. The number of fused-ring (bicyclic) bond motifs is 1. The summed E-state index contributed by atoms with van der Waals surface area (Å²) in [5.74, 6) is 0. The highest BCUT2D eigenvalue weighted by molar-refractivity contribution is 6.31. The zero-order chi connectivity index (χ0) is 15.7. The molecular weight excluding hydrogens is 300 g/mol. The van der Waals surface area contributed by atoms with Crippen LogP contribution in [-0.4, -0.2) is 34.2 Å². The minimum absolute atomic E-state index is 0.0850. The molecule has 2 N–H and O–H groups in total. The fourth-order valence-corrected chi connectivity index (χ4v) is 3.58. The monoisotopic (exact) mass is 320 g/mol. The molecule has 118 valence electrons. The second-order valence-corrected chi connectivity index (χ2v) is 6.34. The summed E-state index contributed by atoms with van der Waals surface area (Å²) >= 11 is 6.04. The van der Waals surface area contributed by atoms with Gasteiger partial charge in [-0.05, 0) is 48.9 Å². The van der Waals surface area contributed by atoms with Gasteiger partial charge in [0.15, 0.2) is 0 Å². The molecule has 1 aromatic carbocycles. The van der Waals surface area contributed by atoms with E-state index >= 15 is 0 Å². The largest absolute Gasteiger partial charge is 0.395 e. The van der Waals surface area contributed by atoms with Gasteiger partial charge in [0.2, 0.25) is 0 Å². The van der Waals surface area contributed by atoms with E-state index in [-0.39, 0.29) is 18.2 Å². The van der Waals surface area contributed by atoms with Gasteiger partial charge in [0.1, 0.15) is 0 Å². The number of nitrogens with zero attached hydrogens (tertiary/aromatic N) is 1. The van der Waals surface area contributed by atoms with E-state index in [2.05, 4.69) is 9.88 Å². The van der Waals surface area contributed by atoms with E-state index in [0.29, 0.717) is 10.4 Å². The van der Waals surface area contributed by atoms with Gasteiger partial charge in [0.25, 0.3) is 5.56 Å². The standard InChI is InChI=1S/C17H21ClN2O2/c1-2-16-15(9-20-7-3-4-12(20)10-21)13-6-5-11(18)8-14(13)17(22)19-16/h5-6,8,12,21H,2-4,7,9-10H2,1H3,(H,19,22). The van der Waals surface area contributed by atoms with E-state index in [4.69, 9.17) is 11.6 Å². The van der Waals surface area contributed by atoms with Crippen LogP contribution in [-0.2, 0) is 13.0 Å². The van der Waals surface area contributed by atoms with Crippen LogP contribution in [0.1, 0.15) is 31.0 Å². The molecule has 22 heavy (non-hydrogen) atoms. The molecule has 2 heterocycles. The van der Waals surface area contributed by atoms with E-state index in [9.17, 15) is 9.90 Å². The molecule has 1 unspecified atom stereocenters. The van der Waals surface area contributed by atoms with Crippen LogP contribution in [0.2, 0.25) is 5.02 Å². The Bertz CT molecular complexity index is 741. The first-order chi connectivity index (χ1) is 10.6. The number of nitrogens with one attached hydrogen (secondary N) is 1. The number of aryl methyl sites for hydroxylation is 1. The molecule has 1 fully saturated rings. The summed E-state index contributed by atoms with van der Waals surface area (Å²) < 4.78 is 0. The molecule has 4 nitrogen and oxygen atoms in total. The Morgan fingerprint density at radius 3 is 2.95 bits per heavy atom. The van der Waals surface area contributed by atoms with Gasteiger partial charge in [-0.2, -0.15) is 0 Å². The van der Waals surface area contributed by atoms with Crippen LogP contribution in [0, 0.1) is 0 Å². The van der Waals surface area contributed by atoms with Gasteiger partial charge >= 0.3 is 0 Å². The smallest absolute Gasteiger partial charge is 0.256 e. The highest BCUT2D eigenvalue weighted by atomic mass is 35.5. The van der Waals surface area contributed by atoms with E-state index in [0.717, 1.165) is 49.0 Å². The number of halogens is 1. The molecule has 0 spiro atoms. The molecule has 2 aromatic rings. The highest BCUT2D eigenvalue weighted by Crippen LogP contribution is 2.26. The summed E-state index contributed by atoms with van der Waals surface area (Å²) in [4.78, 5) is 17.6. The number of hydrogen-bond acceptors (Lipinski definition) is 3. The van der Waals surface area contributed by atoms with Gasteiger partial charge in [-0.1, -0.05) is 24.6 Å². The summed E-state index contributed by atoms with van der Waals surface area (Å²) in [6, 6.07) is 5.72. The first-order valence-corrected chi connectivity index (χ1v) is 8.20. The lowest BCUT2D eigenvalue weighted by atomic mass is 10.0. The summed E-state index contributed by atoms with van der Waals surface area (Å²) in [6.45, 7) is 3.98. The van der Waals surface area contributed by atoms with Gasteiger partial charge in [0, 0.05) is 28.7 Å². The van der Waals surface area contributed by atoms with Crippen molar-refractivity contribution in [3.63, 3.8) is 0 Å². The summed E-state index contributed by atoms with van der Waals surface area (Å²) in [5.41, 5.74) is 2.04. The molecule has 3 rings (SSSR count). The van der Waals surface area contributed by atoms with Crippen LogP contribution in [0.4, 0.5) is 0 Å². The normalized spacial score (nSPS) is 19.1. The molecule has 1 atom stereocenters. The summed E-state index contributed by atoms with van der Waals surface area (Å²) in [5, 5.41) is 11.7. The predicted molar refractivity (Wildman–Crippen MR) is 89.5 cm³/mol. The molecule has 1 saturated heterocycles. The number of rotatable bonds is 4. The number of aliphatic hydroxyl groups excluding tert-OH is 1. The van der Waals surface area contributed by atoms with Gasteiger partial charge < -0.3 is 10.1 Å². The molecular formula is C17H21ClN2O2. The first-order valence-electron chi connectivity index (χ1n) is 7.82. The lowest BCUT2D eigenvalue weighted by molar-refractivity contribution is 0.153. The van der Waals surface area contributed by atoms with Crippen molar-refractivity contribution in [1.29, 1.82) is 0 Å².